The second kappa shape index (κ2) is 5.21. The highest BCUT2D eigenvalue weighted by molar-refractivity contribution is 5.72. The second-order valence-corrected chi connectivity index (χ2v) is 3.68. The van der Waals surface area contributed by atoms with Gasteiger partial charge in [-0.25, -0.2) is 0 Å². The van der Waals surface area contributed by atoms with Crippen molar-refractivity contribution in [3.63, 3.8) is 0 Å². The highest BCUT2D eigenvalue weighted by Gasteiger charge is 2.09. The van der Waals surface area contributed by atoms with Gasteiger partial charge in [-0.05, 0) is 17.3 Å². The molecule has 0 radical (unpaired) electrons. The maximum atomic E-state index is 10.7. The van der Waals surface area contributed by atoms with Crippen LogP contribution in [-0.2, 0) is 11.5 Å². The fourth-order valence-corrected chi connectivity index (χ4v) is 1.34. The third-order valence-electron chi connectivity index (χ3n) is 2.26. The molecule has 0 bridgehead atoms. The SMILES string of the molecule is CC(=O)NCn1nnc(-c2ccc([N+](=O)[O-])cc2)n1. The molecule has 0 saturated carbocycles. The van der Waals surface area contributed by atoms with E-state index in [2.05, 4.69) is 20.7 Å². The normalized spacial score (nSPS) is 10.2. The minimum Gasteiger partial charge on any atom is -0.335 e. The van der Waals surface area contributed by atoms with Crippen molar-refractivity contribution in [2.24, 2.45) is 0 Å². The number of carbonyl (C=O) groups excluding carboxylic acids is 1. The number of carbonyl (C=O) groups is 1. The molecule has 1 aromatic carbocycles. The van der Waals surface area contributed by atoms with Crippen LogP contribution >= 0.6 is 0 Å². The average Bonchev–Trinajstić information content (AvgIpc) is 2.85. The van der Waals surface area contributed by atoms with Gasteiger partial charge in [0.25, 0.3) is 5.69 Å². The van der Waals surface area contributed by atoms with Crippen molar-refractivity contribution >= 4 is 11.6 Å². The van der Waals surface area contributed by atoms with Crippen LogP contribution in [0.4, 0.5) is 5.69 Å². The maximum Gasteiger partial charge on any atom is 0.269 e. The molecule has 19 heavy (non-hydrogen) atoms. The highest BCUT2D eigenvalue weighted by Crippen LogP contribution is 2.18. The number of rotatable bonds is 4. The lowest BCUT2D eigenvalue weighted by Gasteiger charge is -1.98. The van der Waals surface area contributed by atoms with Gasteiger partial charge in [0.1, 0.15) is 6.67 Å². The molecular formula is C10H10N6O3. The Bertz CT molecular complexity index is 606. The largest absolute Gasteiger partial charge is 0.335 e. The van der Waals surface area contributed by atoms with Gasteiger partial charge in [0.2, 0.25) is 11.7 Å². The summed E-state index contributed by atoms with van der Waals surface area (Å²) in [4.78, 5) is 22.0. The van der Waals surface area contributed by atoms with Crippen LogP contribution in [0, 0.1) is 10.1 Å². The summed E-state index contributed by atoms with van der Waals surface area (Å²) in [5.74, 6) is 0.134. The van der Waals surface area contributed by atoms with Crippen LogP contribution in [0.5, 0.6) is 0 Å². The van der Waals surface area contributed by atoms with E-state index in [1.807, 2.05) is 0 Å². The van der Waals surface area contributed by atoms with Crippen LogP contribution in [0.3, 0.4) is 0 Å². The Morgan fingerprint density at radius 3 is 2.68 bits per heavy atom. The lowest BCUT2D eigenvalue weighted by Crippen LogP contribution is -2.24. The zero-order valence-electron chi connectivity index (χ0n) is 9.98. The Kier molecular flexibility index (Phi) is 3.46. The fourth-order valence-electron chi connectivity index (χ4n) is 1.34. The number of benzene rings is 1. The van der Waals surface area contributed by atoms with E-state index in [-0.39, 0.29) is 18.3 Å². The summed E-state index contributed by atoms with van der Waals surface area (Å²) in [7, 11) is 0. The zero-order valence-corrected chi connectivity index (χ0v) is 9.98. The van der Waals surface area contributed by atoms with Crippen molar-refractivity contribution < 1.29 is 9.72 Å². The quantitative estimate of drug-likeness (QED) is 0.627. The van der Waals surface area contributed by atoms with E-state index in [0.29, 0.717) is 11.4 Å². The first-order valence-corrected chi connectivity index (χ1v) is 5.33. The van der Waals surface area contributed by atoms with Crippen molar-refractivity contribution in [2.45, 2.75) is 13.6 Å². The van der Waals surface area contributed by atoms with Gasteiger partial charge < -0.3 is 5.32 Å². The lowest BCUT2D eigenvalue weighted by atomic mass is 10.2. The van der Waals surface area contributed by atoms with E-state index >= 15 is 0 Å². The number of hydrogen-bond donors (Lipinski definition) is 1. The molecule has 0 fully saturated rings. The number of nitro benzene ring substituents is 1. The molecule has 0 aliphatic heterocycles. The number of tetrazole rings is 1. The first-order valence-electron chi connectivity index (χ1n) is 5.33. The van der Waals surface area contributed by atoms with Gasteiger partial charge in [0.15, 0.2) is 0 Å². The lowest BCUT2D eigenvalue weighted by molar-refractivity contribution is -0.384. The van der Waals surface area contributed by atoms with Gasteiger partial charge in [-0.15, -0.1) is 15.0 Å². The molecule has 0 atom stereocenters. The maximum absolute atomic E-state index is 10.7. The summed E-state index contributed by atoms with van der Waals surface area (Å²) in [5, 5.41) is 24.6. The number of nitrogens with one attached hydrogen (secondary N) is 1. The van der Waals surface area contributed by atoms with Crippen LogP contribution in [0.1, 0.15) is 6.92 Å². The van der Waals surface area contributed by atoms with Crippen molar-refractivity contribution in [1.82, 2.24) is 25.5 Å². The van der Waals surface area contributed by atoms with Crippen LogP contribution < -0.4 is 5.32 Å². The van der Waals surface area contributed by atoms with E-state index in [9.17, 15) is 14.9 Å². The Morgan fingerprint density at radius 2 is 2.11 bits per heavy atom. The van der Waals surface area contributed by atoms with Gasteiger partial charge in [-0.2, -0.15) is 0 Å². The zero-order chi connectivity index (χ0) is 13.8. The highest BCUT2D eigenvalue weighted by atomic mass is 16.6. The summed E-state index contributed by atoms with van der Waals surface area (Å²) >= 11 is 0. The molecule has 0 unspecified atom stereocenters. The number of hydrogen-bond acceptors (Lipinski definition) is 6. The molecular weight excluding hydrogens is 252 g/mol. The summed E-state index contributed by atoms with van der Waals surface area (Å²) < 4.78 is 0. The van der Waals surface area contributed by atoms with Crippen molar-refractivity contribution in [3.05, 3.63) is 34.4 Å². The topological polar surface area (TPSA) is 116 Å². The van der Waals surface area contributed by atoms with E-state index < -0.39 is 4.92 Å². The molecule has 9 heteroatoms. The first-order chi connectivity index (χ1) is 9.06. The van der Waals surface area contributed by atoms with Crippen molar-refractivity contribution in [3.8, 4) is 11.4 Å². The van der Waals surface area contributed by atoms with Gasteiger partial charge in [-0.3, -0.25) is 14.9 Å². The summed E-state index contributed by atoms with van der Waals surface area (Å²) in [6.45, 7) is 1.50. The van der Waals surface area contributed by atoms with Gasteiger partial charge in [-0.1, -0.05) is 0 Å². The van der Waals surface area contributed by atoms with Crippen LogP contribution in [0.2, 0.25) is 0 Å². The molecule has 98 valence electrons. The Morgan fingerprint density at radius 1 is 1.42 bits per heavy atom. The van der Waals surface area contributed by atoms with E-state index in [1.165, 1.54) is 36.0 Å². The summed E-state index contributed by atoms with van der Waals surface area (Å²) in [5.41, 5.74) is 0.606. The minimum absolute atomic E-state index is 0.00520. The number of amides is 1. The van der Waals surface area contributed by atoms with Crippen molar-refractivity contribution in [1.29, 1.82) is 0 Å². The van der Waals surface area contributed by atoms with Gasteiger partial charge in [0, 0.05) is 24.6 Å². The van der Waals surface area contributed by atoms with E-state index in [0.717, 1.165) is 0 Å². The Hall–Kier alpha value is -2.84. The molecule has 1 heterocycles. The molecule has 0 saturated heterocycles. The molecule has 1 aromatic heterocycles. The number of aromatic nitrogens is 4. The summed E-state index contributed by atoms with van der Waals surface area (Å²) in [6, 6.07) is 5.81. The average molecular weight is 262 g/mol. The molecule has 1 amide bonds. The number of non-ortho nitro benzene ring substituents is 1. The Labute approximate surface area is 107 Å². The number of nitrogens with zero attached hydrogens (tertiary/aromatic N) is 5. The van der Waals surface area contributed by atoms with Gasteiger partial charge >= 0.3 is 0 Å². The monoisotopic (exact) mass is 262 g/mol. The molecule has 0 aliphatic carbocycles. The van der Waals surface area contributed by atoms with Crippen LogP contribution in [0.15, 0.2) is 24.3 Å². The van der Waals surface area contributed by atoms with Gasteiger partial charge in [0.05, 0.1) is 4.92 Å². The standard InChI is InChI=1S/C10H10N6O3/c1-7(17)11-6-15-13-10(12-14-15)8-2-4-9(5-3-8)16(18)19/h2-5H,6H2,1H3,(H,11,17). The molecule has 0 spiro atoms. The Balaban J connectivity index is 2.13. The summed E-state index contributed by atoms with van der Waals surface area (Å²) in [6.07, 6.45) is 0. The third kappa shape index (κ3) is 3.09. The predicted molar refractivity (Wildman–Crippen MR) is 63.7 cm³/mol. The first kappa shape index (κ1) is 12.6. The molecule has 2 rings (SSSR count). The fraction of sp³-hybridized carbons (Fsp3) is 0.200. The minimum atomic E-state index is -0.481. The van der Waals surface area contributed by atoms with E-state index in [4.69, 9.17) is 0 Å². The molecule has 1 N–H and O–H groups in total. The predicted octanol–water partition coefficient (Wildman–Crippen LogP) is 0.342. The third-order valence-corrected chi connectivity index (χ3v) is 2.26. The molecule has 2 aromatic rings. The van der Waals surface area contributed by atoms with E-state index in [1.54, 1.807) is 0 Å². The number of nitro groups is 1. The van der Waals surface area contributed by atoms with Crippen LogP contribution in [-0.4, -0.2) is 31.0 Å². The molecule has 9 nitrogen and oxygen atoms in total. The smallest absolute Gasteiger partial charge is 0.269 e. The van der Waals surface area contributed by atoms with Crippen molar-refractivity contribution in [2.75, 3.05) is 0 Å². The molecule has 0 aliphatic rings. The second-order valence-electron chi connectivity index (χ2n) is 3.68. The van der Waals surface area contributed by atoms with Crippen LogP contribution in [0.25, 0.3) is 11.4 Å².